The zero-order chi connectivity index (χ0) is 16.4. The van der Waals surface area contributed by atoms with Crippen molar-refractivity contribution in [3.05, 3.63) is 36.9 Å². The summed E-state index contributed by atoms with van der Waals surface area (Å²) in [6, 6.07) is 6.28. The van der Waals surface area contributed by atoms with Crippen molar-refractivity contribution in [2.24, 2.45) is 10.9 Å². The van der Waals surface area contributed by atoms with Crippen molar-refractivity contribution in [1.82, 2.24) is 4.72 Å². The lowest BCUT2D eigenvalue weighted by atomic mass is 10.1. The second-order valence-corrected chi connectivity index (χ2v) is 6.95. The van der Waals surface area contributed by atoms with Gasteiger partial charge in [-0.15, -0.1) is 19.8 Å². The minimum atomic E-state index is -4.90. The van der Waals surface area contributed by atoms with E-state index in [4.69, 9.17) is 0 Å². The molecular weight excluding hydrogens is 317 g/mol. The fourth-order valence-electron chi connectivity index (χ4n) is 1.93. The first-order valence-electron chi connectivity index (χ1n) is 6.44. The van der Waals surface area contributed by atoms with Crippen LogP contribution in [0.25, 0.3) is 0 Å². The number of hydrogen-bond donors (Lipinski definition) is 1. The smallest absolute Gasteiger partial charge is 0.289 e. The van der Waals surface area contributed by atoms with E-state index in [0.717, 1.165) is 5.55 Å². The van der Waals surface area contributed by atoms with Gasteiger partial charge in [0.15, 0.2) is 0 Å². The number of aliphatic imine (C=N–C) groups is 1. The molecule has 1 aromatic rings. The van der Waals surface area contributed by atoms with E-state index in [1.807, 2.05) is 0 Å². The zero-order valence-corrected chi connectivity index (χ0v) is 12.6. The first-order chi connectivity index (χ1) is 10.3. The number of para-hydroxylation sites is 1. The lowest BCUT2D eigenvalue weighted by molar-refractivity contribution is -0.269. The van der Waals surface area contributed by atoms with Gasteiger partial charge < -0.3 is 0 Å². The minimum Gasteiger partial charge on any atom is -0.289 e. The van der Waals surface area contributed by atoms with E-state index in [9.17, 15) is 18.0 Å². The summed E-state index contributed by atoms with van der Waals surface area (Å²) in [7, 11) is -3.19. The third kappa shape index (κ3) is 3.50. The molecule has 1 heterocycles. The van der Waals surface area contributed by atoms with E-state index in [2.05, 4.69) is 20.5 Å². The summed E-state index contributed by atoms with van der Waals surface area (Å²) < 4.78 is 45.1. The monoisotopic (exact) mass is 332 g/mol. The van der Waals surface area contributed by atoms with Gasteiger partial charge in [0.25, 0.3) is 0 Å². The number of fused-ring (bicyclic) bond motifs is 1. The van der Waals surface area contributed by atoms with Crippen LogP contribution in [0.2, 0.25) is 0 Å². The predicted molar refractivity (Wildman–Crippen MR) is 79.7 cm³/mol. The summed E-state index contributed by atoms with van der Waals surface area (Å²) in [5.41, 5.74) is 1.40. The van der Waals surface area contributed by atoms with E-state index < -0.39 is 28.7 Å². The van der Waals surface area contributed by atoms with Crippen molar-refractivity contribution in [3.8, 4) is 0 Å². The number of carbonyl (C=O) groups is 1. The van der Waals surface area contributed by atoms with Gasteiger partial charge in [0.2, 0.25) is 5.91 Å². The largest absolute Gasteiger partial charge is 0.534 e. The third-order valence-corrected chi connectivity index (χ3v) is 5.34. The van der Waals surface area contributed by atoms with Crippen molar-refractivity contribution < 1.29 is 22.1 Å². The Morgan fingerprint density at radius 2 is 2.18 bits per heavy atom. The summed E-state index contributed by atoms with van der Waals surface area (Å²) in [6.07, 6.45) is -3.01. The van der Waals surface area contributed by atoms with Crippen molar-refractivity contribution >= 4 is 27.6 Å². The minimum absolute atomic E-state index is 0.228. The second-order valence-electron chi connectivity index (χ2n) is 4.72. The van der Waals surface area contributed by atoms with Crippen LogP contribution in [0.3, 0.4) is 0 Å². The molecule has 4 nitrogen and oxygen atoms in total. The van der Waals surface area contributed by atoms with Crippen LogP contribution >= 0.6 is 10.5 Å². The first kappa shape index (κ1) is 16.6. The van der Waals surface area contributed by atoms with Crippen LogP contribution in [0.5, 0.6) is 0 Å². The van der Waals surface area contributed by atoms with Gasteiger partial charge in [0.1, 0.15) is 0 Å². The van der Waals surface area contributed by atoms with E-state index in [1.165, 1.54) is 12.1 Å². The SMILES string of the molecule is C=CCC(C)C(=O)NS1(OC(F)(F)F)C=Nc2ccccc21. The molecule has 0 fully saturated rings. The quantitative estimate of drug-likeness (QED) is 0.821. The van der Waals surface area contributed by atoms with Crippen molar-refractivity contribution in [2.75, 3.05) is 0 Å². The second kappa shape index (κ2) is 6.13. The van der Waals surface area contributed by atoms with Gasteiger partial charge in [-0.1, -0.05) is 25.1 Å². The molecule has 22 heavy (non-hydrogen) atoms. The molecule has 0 spiro atoms. The molecule has 0 bridgehead atoms. The average molecular weight is 332 g/mol. The molecule has 1 aromatic carbocycles. The number of rotatable bonds is 5. The van der Waals surface area contributed by atoms with Crippen molar-refractivity contribution in [3.63, 3.8) is 0 Å². The van der Waals surface area contributed by atoms with Crippen LogP contribution in [-0.2, 0) is 8.98 Å². The third-order valence-electron chi connectivity index (χ3n) is 2.98. The number of nitrogens with one attached hydrogen (secondary N) is 1. The van der Waals surface area contributed by atoms with Gasteiger partial charge in [0.05, 0.1) is 16.1 Å². The van der Waals surface area contributed by atoms with E-state index in [-0.39, 0.29) is 4.90 Å². The molecule has 0 radical (unpaired) electrons. The Bertz CT molecular complexity index is 618. The number of carbonyl (C=O) groups excluding carboxylic acids is 1. The van der Waals surface area contributed by atoms with E-state index in [0.29, 0.717) is 12.1 Å². The normalized spacial score (nSPS) is 24.2. The first-order valence-corrected chi connectivity index (χ1v) is 8.06. The molecule has 2 rings (SSSR count). The predicted octanol–water partition coefficient (Wildman–Crippen LogP) is 4.22. The topological polar surface area (TPSA) is 50.7 Å². The fraction of sp³-hybridized carbons (Fsp3) is 0.286. The van der Waals surface area contributed by atoms with Crippen LogP contribution in [0.1, 0.15) is 13.3 Å². The maximum atomic E-state index is 12.8. The van der Waals surface area contributed by atoms with Crippen molar-refractivity contribution in [2.45, 2.75) is 24.6 Å². The molecule has 1 N–H and O–H groups in total. The van der Waals surface area contributed by atoms with Crippen molar-refractivity contribution in [1.29, 1.82) is 0 Å². The molecule has 2 unspecified atom stereocenters. The molecule has 8 heteroatoms. The highest BCUT2D eigenvalue weighted by Gasteiger charge is 2.45. The number of amides is 1. The van der Waals surface area contributed by atoms with Gasteiger partial charge in [0, 0.05) is 16.4 Å². The molecule has 120 valence electrons. The molecule has 2 atom stereocenters. The highest BCUT2D eigenvalue weighted by molar-refractivity contribution is 8.39. The summed E-state index contributed by atoms with van der Waals surface area (Å²) in [6.45, 7) is 5.12. The molecule has 0 aliphatic carbocycles. The zero-order valence-electron chi connectivity index (χ0n) is 11.8. The number of halogens is 3. The standard InChI is InChI=1S/C14H15F3N2O2S/c1-3-6-10(2)13(20)19-22(21-14(15,16)17)9-18-11-7-4-5-8-12(11)22/h3-5,7-10H,1,6H2,2H3,(H,19,20). The number of allylic oxidation sites excluding steroid dienone is 1. The fourth-order valence-corrected chi connectivity index (χ4v) is 4.16. The molecule has 1 aliphatic rings. The van der Waals surface area contributed by atoms with E-state index >= 15 is 0 Å². The number of nitrogens with zero attached hydrogens (tertiary/aromatic N) is 1. The maximum Gasteiger partial charge on any atom is 0.534 e. The summed E-state index contributed by atoms with van der Waals surface area (Å²) in [5, 5.41) is 0. The van der Waals surface area contributed by atoms with Gasteiger partial charge >= 0.3 is 6.36 Å². The Labute approximate surface area is 127 Å². The highest BCUT2D eigenvalue weighted by atomic mass is 32.3. The van der Waals surface area contributed by atoms with Gasteiger partial charge in [-0.25, -0.2) is 9.18 Å². The maximum absolute atomic E-state index is 12.8. The van der Waals surface area contributed by atoms with Crippen LogP contribution in [-0.4, -0.2) is 17.8 Å². The average Bonchev–Trinajstić information content (AvgIpc) is 2.76. The van der Waals surface area contributed by atoms with Gasteiger partial charge in [-0.3, -0.25) is 9.52 Å². The lowest BCUT2D eigenvalue weighted by Gasteiger charge is -2.34. The van der Waals surface area contributed by atoms with E-state index in [1.54, 1.807) is 25.1 Å². The Hall–Kier alpha value is -1.80. The summed E-state index contributed by atoms with van der Waals surface area (Å²) in [4.78, 5) is 16.3. The van der Waals surface area contributed by atoms with Crippen LogP contribution in [0, 0.1) is 5.92 Å². The molecule has 1 aliphatic heterocycles. The van der Waals surface area contributed by atoms with Crippen LogP contribution in [0.4, 0.5) is 18.9 Å². The number of alkyl halides is 3. The van der Waals surface area contributed by atoms with Crippen LogP contribution < -0.4 is 4.72 Å². The number of hydrogen-bond acceptors (Lipinski definition) is 3. The molecule has 1 amide bonds. The molecule has 0 saturated heterocycles. The lowest BCUT2D eigenvalue weighted by Crippen LogP contribution is -2.35. The summed E-state index contributed by atoms with van der Waals surface area (Å²) in [5.74, 6) is -1.05. The van der Waals surface area contributed by atoms with Gasteiger partial charge in [-0.2, -0.15) is 0 Å². The molecule has 0 saturated carbocycles. The van der Waals surface area contributed by atoms with Crippen LogP contribution in [0.15, 0.2) is 46.8 Å². The Morgan fingerprint density at radius 3 is 2.82 bits per heavy atom. The molecule has 0 aromatic heterocycles. The Morgan fingerprint density at radius 1 is 1.50 bits per heavy atom. The summed E-state index contributed by atoms with van der Waals surface area (Å²) >= 11 is 0. The van der Waals surface area contributed by atoms with Gasteiger partial charge in [-0.05, 0) is 18.6 Å². The Kier molecular flexibility index (Phi) is 4.62. The highest BCUT2D eigenvalue weighted by Crippen LogP contribution is 2.61. The Balaban J connectivity index is 2.35. The molecular formula is C14H15F3N2O2S. The number of benzene rings is 1.